The van der Waals surface area contributed by atoms with Crippen LogP contribution in [0.2, 0.25) is 0 Å². The molecule has 0 aliphatic heterocycles. The van der Waals surface area contributed by atoms with Crippen molar-refractivity contribution in [2.45, 2.75) is 79.1 Å². The number of carbonyl (C=O) groups excluding carboxylic acids is 2. The second kappa shape index (κ2) is 18.3. The van der Waals surface area contributed by atoms with Gasteiger partial charge in [-0.15, -0.1) is 0 Å². The lowest BCUT2D eigenvalue weighted by Crippen LogP contribution is -2.46. The van der Waals surface area contributed by atoms with E-state index >= 15 is 0 Å². The molecule has 0 saturated carbocycles. The molecule has 0 aromatic heterocycles. The summed E-state index contributed by atoms with van der Waals surface area (Å²) in [6.45, 7) is 12.9. The number of ether oxygens (including phenoxy) is 2. The van der Waals surface area contributed by atoms with Gasteiger partial charge in [0.25, 0.3) is 5.91 Å². The van der Waals surface area contributed by atoms with Crippen molar-refractivity contribution >= 4 is 11.9 Å². The van der Waals surface area contributed by atoms with Crippen molar-refractivity contribution in [1.82, 2.24) is 10.2 Å². The minimum atomic E-state index is -0.696. The second-order valence-electron chi connectivity index (χ2n) is 12.1. The highest BCUT2D eigenvalue weighted by atomic mass is 19.1. The molecule has 244 valence electrons. The minimum absolute atomic E-state index is 0.101. The highest BCUT2D eigenvalue weighted by molar-refractivity contribution is 5.98. The molecule has 0 bridgehead atoms. The van der Waals surface area contributed by atoms with Crippen molar-refractivity contribution in [3.8, 4) is 5.75 Å². The average Bonchev–Trinajstić information content (AvgIpc) is 3.00. The summed E-state index contributed by atoms with van der Waals surface area (Å²) in [5, 5.41) is 3.37. The topological polar surface area (TPSA) is 93.9 Å². The highest BCUT2D eigenvalue weighted by Crippen LogP contribution is 2.21. The van der Waals surface area contributed by atoms with E-state index in [1.807, 2.05) is 56.0 Å². The van der Waals surface area contributed by atoms with E-state index in [0.717, 1.165) is 36.9 Å². The molecule has 3 rings (SSSR count). The third kappa shape index (κ3) is 11.9. The van der Waals surface area contributed by atoms with Gasteiger partial charge in [-0.1, -0.05) is 58.0 Å². The van der Waals surface area contributed by atoms with Gasteiger partial charge in [0, 0.05) is 37.3 Å². The van der Waals surface area contributed by atoms with Gasteiger partial charge in [0.2, 0.25) is 0 Å². The third-order valence-electron chi connectivity index (χ3n) is 7.47. The third-order valence-corrected chi connectivity index (χ3v) is 7.47. The Hall–Kier alpha value is -3.75. The zero-order valence-electron chi connectivity index (χ0n) is 27.5. The molecule has 0 heterocycles. The Morgan fingerprint density at radius 2 is 1.62 bits per heavy atom. The van der Waals surface area contributed by atoms with Crippen LogP contribution in [0.3, 0.4) is 0 Å². The van der Waals surface area contributed by atoms with E-state index in [9.17, 15) is 14.0 Å². The van der Waals surface area contributed by atoms with E-state index in [4.69, 9.17) is 15.2 Å². The largest absolute Gasteiger partial charge is 0.489 e. The SMILES string of the molecule is CCCN(CCC)C(=O)c1cc(C)cc(C(=O)O[C@H](CNCCC(C)C)[C@@H](N)Cc2cc(F)cc(OCc3ccccc3)c2)c1. The summed E-state index contributed by atoms with van der Waals surface area (Å²) in [6, 6.07) is 18.7. The standard InChI is InChI=1S/C37H50FN3O4/c1-6-15-41(16-7-2)36(42)30-17-27(5)18-31(22-30)37(43)45-35(24-40-14-13-26(3)4)34(39)21-29-19-32(38)23-33(20-29)44-25-28-11-9-8-10-12-28/h8-12,17-20,22-23,26,34-35,40H,6-7,13-16,21,24-25,39H2,1-5H3/t34-,35+/m0/s1. The van der Waals surface area contributed by atoms with Gasteiger partial charge < -0.3 is 25.4 Å². The van der Waals surface area contributed by atoms with Gasteiger partial charge >= 0.3 is 5.97 Å². The van der Waals surface area contributed by atoms with Crippen molar-refractivity contribution in [2.75, 3.05) is 26.2 Å². The Balaban J connectivity index is 1.77. The maximum atomic E-state index is 14.6. The van der Waals surface area contributed by atoms with Gasteiger partial charge in [0.15, 0.2) is 0 Å². The zero-order chi connectivity index (χ0) is 32.8. The summed E-state index contributed by atoms with van der Waals surface area (Å²) < 4.78 is 26.5. The maximum Gasteiger partial charge on any atom is 0.338 e. The Morgan fingerprint density at radius 3 is 2.29 bits per heavy atom. The lowest BCUT2D eigenvalue weighted by molar-refractivity contribution is 0.0238. The first-order chi connectivity index (χ1) is 21.6. The Kier molecular flexibility index (Phi) is 14.5. The van der Waals surface area contributed by atoms with Crippen LogP contribution >= 0.6 is 0 Å². The Bertz CT molecular complexity index is 1360. The van der Waals surface area contributed by atoms with E-state index in [1.54, 1.807) is 24.3 Å². The molecule has 0 radical (unpaired) electrons. The molecule has 3 aromatic carbocycles. The van der Waals surface area contributed by atoms with Gasteiger partial charge in [-0.2, -0.15) is 0 Å². The molecular weight excluding hydrogens is 569 g/mol. The molecule has 0 aliphatic carbocycles. The van der Waals surface area contributed by atoms with Gasteiger partial charge in [-0.25, -0.2) is 9.18 Å². The predicted molar refractivity (Wildman–Crippen MR) is 178 cm³/mol. The van der Waals surface area contributed by atoms with Crippen LogP contribution in [0.15, 0.2) is 66.7 Å². The number of carbonyl (C=O) groups is 2. The molecule has 0 spiro atoms. The molecule has 45 heavy (non-hydrogen) atoms. The molecule has 2 atom stereocenters. The number of aryl methyl sites for hydroxylation is 1. The van der Waals surface area contributed by atoms with E-state index in [-0.39, 0.29) is 12.3 Å². The number of rotatable bonds is 18. The van der Waals surface area contributed by atoms with Crippen molar-refractivity contribution in [2.24, 2.45) is 11.7 Å². The fraction of sp³-hybridized carbons (Fsp3) is 0.459. The number of nitrogens with two attached hydrogens (primary N) is 1. The molecule has 7 nitrogen and oxygen atoms in total. The fourth-order valence-electron chi connectivity index (χ4n) is 5.15. The average molecular weight is 620 g/mol. The molecular formula is C37H50FN3O4. The first kappa shape index (κ1) is 35.7. The summed E-state index contributed by atoms with van der Waals surface area (Å²) in [7, 11) is 0. The highest BCUT2D eigenvalue weighted by Gasteiger charge is 2.25. The van der Waals surface area contributed by atoms with Gasteiger partial charge in [-0.05, 0) is 92.1 Å². The van der Waals surface area contributed by atoms with Crippen molar-refractivity contribution in [1.29, 1.82) is 0 Å². The summed E-state index contributed by atoms with van der Waals surface area (Å²) in [4.78, 5) is 28.6. The summed E-state index contributed by atoms with van der Waals surface area (Å²) in [5.74, 6) is -0.165. The van der Waals surface area contributed by atoms with E-state index < -0.39 is 23.9 Å². The van der Waals surface area contributed by atoms with Gasteiger partial charge in [0.1, 0.15) is 24.3 Å². The van der Waals surface area contributed by atoms with Gasteiger partial charge in [0.05, 0.1) is 5.56 Å². The molecule has 1 amide bonds. The van der Waals surface area contributed by atoms with E-state index in [0.29, 0.717) is 54.6 Å². The van der Waals surface area contributed by atoms with Crippen LogP contribution in [-0.2, 0) is 17.8 Å². The number of hydrogen-bond donors (Lipinski definition) is 2. The first-order valence-corrected chi connectivity index (χ1v) is 16.1. The number of benzene rings is 3. The Labute approximate surface area is 268 Å². The predicted octanol–water partition coefficient (Wildman–Crippen LogP) is 6.71. The zero-order valence-corrected chi connectivity index (χ0v) is 27.5. The monoisotopic (exact) mass is 619 g/mol. The van der Waals surface area contributed by atoms with Crippen LogP contribution in [-0.4, -0.2) is 55.1 Å². The van der Waals surface area contributed by atoms with Crippen LogP contribution < -0.4 is 15.8 Å². The fourth-order valence-corrected chi connectivity index (χ4v) is 5.15. The number of hydrogen-bond acceptors (Lipinski definition) is 6. The van der Waals surface area contributed by atoms with Crippen LogP contribution in [0.25, 0.3) is 0 Å². The molecule has 0 saturated heterocycles. The van der Waals surface area contributed by atoms with Crippen LogP contribution in [0.1, 0.15) is 84.4 Å². The van der Waals surface area contributed by atoms with Crippen LogP contribution in [0.4, 0.5) is 4.39 Å². The summed E-state index contributed by atoms with van der Waals surface area (Å²) in [6.07, 6.45) is 2.22. The lowest BCUT2D eigenvalue weighted by atomic mass is 10.0. The quantitative estimate of drug-likeness (QED) is 0.122. The number of esters is 1. The number of nitrogens with zero attached hydrogens (tertiary/aromatic N) is 1. The number of halogens is 1. The summed E-state index contributed by atoms with van der Waals surface area (Å²) in [5.41, 5.74) is 9.83. The van der Waals surface area contributed by atoms with Crippen LogP contribution in [0, 0.1) is 18.7 Å². The van der Waals surface area contributed by atoms with Crippen molar-refractivity contribution < 1.29 is 23.5 Å². The molecule has 0 aliphatic rings. The number of amides is 1. The van der Waals surface area contributed by atoms with Gasteiger partial charge in [-0.3, -0.25) is 4.79 Å². The molecule has 3 aromatic rings. The Morgan fingerprint density at radius 1 is 0.933 bits per heavy atom. The van der Waals surface area contributed by atoms with Crippen LogP contribution in [0.5, 0.6) is 5.75 Å². The molecule has 0 unspecified atom stereocenters. The van der Waals surface area contributed by atoms with E-state index in [2.05, 4.69) is 19.2 Å². The normalized spacial score (nSPS) is 12.5. The first-order valence-electron chi connectivity index (χ1n) is 16.1. The lowest BCUT2D eigenvalue weighted by Gasteiger charge is -2.25. The number of nitrogens with one attached hydrogen (secondary N) is 1. The molecule has 8 heteroatoms. The van der Waals surface area contributed by atoms with Crippen molar-refractivity contribution in [3.05, 3.63) is 100 Å². The summed E-state index contributed by atoms with van der Waals surface area (Å²) >= 11 is 0. The smallest absolute Gasteiger partial charge is 0.338 e. The molecule has 0 fully saturated rings. The minimum Gasteiger partial charge on any atom is -0.489 e. The molecule has 3 N–H and O–H groups in total. The maximum absolute atomic E-state index is 14.6. The van der Waals surface area contributed by atoms with Crippen molar-refractivity contribution in [3.63, 3.8) is 0 Å². The second-order valence-corrected chi connectivity index (χ2v) is 12.1. The van der Waals surface area contributed by atoms with E-state index in [1.165, 1.54) is 12.1 Å².